The smallest absolute Gasteiger partial charge is 0.134 e. The Morgan fingerprint density at radius 2 is 1.70 bits per heavy atom. The van der Waals surface area contributed by atoms with Crippen LogP contribution in [0.3, 0.4) is 0 Å². The van der Waals surface area contributed by atoms with Crippen molar-refractivity contribution in [1.82, 2.24) is 9.97 Å². The predicted molar refractivity (Wildman–Crippen MR) is 84.3 cm³/mol. The molecule has 0 aliphatic carbocycles. The summed E-state index contributed by atoms with van der Waals surface area (Å²) in [6.07, 6.45) is 3.35. The number of aromatic nitrogens is 2. The minimum Gasteiger partial charge on any atom is -0.391 e. The molecule has 5 nitrogen and oxygen atoms in total. The van der Waals surface area contributed by atoms with Gasteiger partial charge in [-0.3, -0.25) is 0 Å². The van der Waals surface area contributed by atoms with Crippen molar-refractivity contribution in [2.24, 2.45) is 0 Å². The van der Waals surface area contributed by atoms with E-state index in [1.165, 1.54) is 0 Å². The van der Waals surface area contributed by atoms with Crippen LogP contribution in [0.4, 0.5) is 11.6 Å². The van der Waals surface area contributed by atoms with E-state index in [9.17, 15) is 5.11 Å². The van der Waals surface area contributed by atoms with Gasteiger partial charge in [0.05, 0.1) is 6.10 Å². The van der Waals surface area contributed by atoms with Crippen LogP contribution in [0.1, 0.15) is 51.4 Å². The molecule has 0 saturated carbocycles. The standard InChI is InChI=1S/C15H28N4O/c1-5-8-12(20)10-17-15-11(4)14(16-7-3)18-13(19-15)9-6-2/h12,20H,5-10H2,1-4H3,(H2,16,17,18,19). The fraction of sp³-hybridized carbons (Fsp3) is 0.733. The van der Waals surface area contributed by atoms with E-state index in [0.717, 1.165) is 55.3 Å². The molecule has 114 valence electrons. The molecule has 1 atom stereocenters. The molecule has 5 heteroatoms. The van der Waals surface area contributed by atoms with E-state index < -0.39 is 0 Å². The molecule has 1 rings (SSSR count). The van der Waals surface area contributed by atoms with Crippen molar-refractivity contribution < 1.29 is 5.11 Å². The molecular weight excluding hydrogens is 252 g/mol. The van der Waals surface area contributed by atoms with Crippen LogP contribution in [0, 0.1) is 6.92 Å². The topological polar surface area (TPSA) is 70.1 Å². The van der Waals surface area contributed by atoms with Gasteiger partial charge in [-0.25, -0.2) is 9.97 Å². The molecule has 0 fully saturated rings. The van der Waals surface area contributed by atoms with Crippen LogP contribution in [0.2, 0.25) is 0 Å². The minimum absolute atomic E-state index is 0.327. The summed E-state index contributed by atoms with van der Waals surface area (Å²) in [6, 6.07) is 0. The van der Waals surface area contributed by atoms with Gasteiger partial charge in [0.1, 0.15) is 17.5 Å². The lowest BCUT2D eigenvalue weighted by molar-refractivity contribution is 0.176. The lowest BCUT2D eigenvalue weighted by Gasteiger charge is -2.16. The van der Waals surface area contributed by atoms with Crippen LogP contribution in [-0.4, -0.2) is 34.3 Å². The van der Waals surface area contributed by atoms with Gasteiger partial charge in [0, 0.05) is 25.1 Å². The Kier molecular flexibility index (Phi) is 7.30. The van der Waals surface area contributed by atoms with Gasteiger partial charge < -0.3 is 15.7 Å². The van der Waals surface area contributed by atoms with Crippen molar-refractivity contribution in [3.05, 3.63) is 11.4 Å². The highest BCUT2D eigenvalue weighted by atomic mass is 16.3. The fourth-order valence-electron chi connectivity index (χ4n) is 2.06. The van der Waals surface area contributed by atoms with Gasteiger partial charge >= 0.3 is 0 Å². The molecule has 20 heavy (non-hydrogen) atoms. The van der Waals surface area contributed by atoms with Gasteiger partial charge in [0.2, 0.25) is 0 Å². The number of aryl methyl sites for hydroxylation is 1. The summed E-state index contributed by atoms with van der Waals surface area (Å²) in [7, 11) is 0. The Morgan fingerprint density at radius 3 is 2.25 bits per heavy atom. The summed E-state index contributed by atoms with van der Waals surface area (Å²) >= 11 is 0. The van der Waals surface area contributed by atoms with Gasteiger partial charge in [-0.05, 0) is 26.7 Å². The number of rotatable bonds is 9. The van der Waals surface area contributed by atoms with Crippen LogP contribution in [0.25, 0.3) is 0 Å². The lowest BCUT2D eigenvalue weighted by Crippen LogP contribution is -2.21. The molecule has 1 aromatic rings. The molecule has 1 unspecified atom stereocenters. The van der Waals surface area contributed by atoms with Crippen LogP contribution in [-0.2, 0) is 6.42 Å². The molecule has 0 aliphatic heterocycles. The van der Waals surface area contributed by atoms with Crippen LogP contribution in [0.5, 0.6) is 0 Å². The number of nitrogens with zero attached hydrogens (tertiary/aromatic N) is 2. The van der Waals surface area contributed by atoms with Gasteiger partial charge in [0.25, 0.3) is 0 Å². The average molecular weight is 280 g/mol. The normalized spacial score (nSPS) is 12.2. The average Bonchev–Trinajstić information content (AvgIpc) is 2.41. The third-order valence-electron chi connectivity index (χ3n) is 3.14. The van der Waals surface area contributed by atoms with E-state index in [-0.39, 0.29) is 6.10 Å². The maximum atomic E-state index is 9.83. The summed E-state index contributed by atoms with van der Waals surface area (Å²) in [5, 5.41) is 16.4. The van der Waals surface area contributed by atoms with E-state index >= 15 is 0 Å². The molecule has 0 spiro atoms. The SMILES string of the molecule is CCCc1nc(NCC)c(C)c(NCC(O)CCC)n1. The van der Waals surface area contributed by atoms with Gasteiger partial charge in [-0.15, -0.1) is 0 Å². The summed E-state index contributed by atoms with van der Waals surface area (Å²) < 4.78 is 0. The molecule has 1 heterocycles. The minimum atomic E-state index is -0.327. The Bertz CT molecular complexity index is 409. The number of anilines is 2. The summed E-state index contributed by atoms with van der Waals surface area (Å²) in [5.41, 5.74) is 1.01. The second-order valence-electron chi connectivity index (χ2n) is 5.07. The highest BCUT2D eigenvalue weighted by Crippen LogP contribution is 2.20. The maximum Gasteiger partial charge on any atom is 0.134 e. The summed E-state index contributed by atoms with van der Waals surface area (Å²) in [5.74, 6) is 2.56. The van der Waals surface area contributed by atoms with E-state index in [2.05, 4.69) is 41.4 Å². The van der Waals surface area contributed by atoms with Crippen molar-refractivity contribution in [3.8, 4) is 0 Å². The van der Waals surface area contributed by atoms with Crippen molar-refractivity contribution >= 4 is 11.6 Å². The maximum absolute atomic E-state index is 9.83. The molecule has 0 aliphatic rings. The van der Waals surface area contributed by atoms with Crippen LogP contribution in [0.15, 0.2) is 0 Å². The Hall–Kier alpha value is -1.36. The first kappa shape index (κ1) is 16.7. The van der Waals surface area contributed by atoms with Gasteiger partial charge in [-0.2, -0.15) is 0 Å². The summed E-state index contributed by atoms with van der Waals surface area (Å²) in [6.45, 7) is 9.61. The molecule has 0 aromatic carbocycles. The number of hydrogen-bond acceptors (Lipinski definition) is 5. The zero-order chi connectivity index (χ0) is 15.0. The number of aliphatic hydroxyl groups is 1. The Labute approximate surface area is 122 Å². The third kappa shape index (κ3) is 4.96. The molecule has 1 aromatic heterocycles. The molecule has 3 N–H and O–H groups in total. The van der Waals surface area contributed by atoms with Gasteiger partial charge in [0.15, 0.2) is 0 Å². The number of hydrogen-bond donors (Lipinski definition) is 3. The third-order valence-corrected chi connectivity index (χ3v) is 3.14. The first-order chi connectivity index (χ1) is 9.62. The van der Waals surface area contributed by atoms with Crippen molar-refractivity contribution in [2.75, 3.05) is 23.7 Å². The van der Waals surface area contributed by atoms with Crippen molar-refractivity contribution in [1.29, 1.82) is 0 Å². The zero-order valence-corrected chi connectivity index (χ0v) is 13.2. The Balaban J connectivity index is 2.86. The first-order valence-corrected chi connectivity index (χ1v) is 7.65. The van der Waals surface area contributed by atoms with Crippen molar-refractivity contribution in [2.45, 2.75) is 59.5 Å². The van der Waals surface area contributed by atoms with E-state index in [4.69, 9.17) is 0 Å². The molecular formula is C15H28N4O. The van der Waals surface area contributed by atoms with Crippen molar-refractivity contribution in [3.63, 3.8) is 0 Å². The second kappa shape index (κ2) is 8.74. The second-order valence-corrected chi connectivity index (χ2v) is 5.07. The highest BCUT2D eigenvalue weighted by Gasteiger charge is 2.11. The molecule has 0 amide bonds. The Morgan fingerprint density at radius 1 is 1.05 bits per heavy atom. The first-order valence-electron chi connectivity index (χ1n) is 7.65. The van der Waals surface area contributed by atoms with E-state index in [1.54, 1.807) is 0 Å². The van der Waals surface area contributed by atoms with Crippen LogP contribution < -0.4 is 10.6 Å². The highest BCUT2D eigenvalue weighted by molar-refractivity contribution is 5.57. The largest absolute Gasteiger partial charge is 0.391 e. The zero-order valence-electron chi connectivity index (χ0n) is 13.2. The summed E-state index contributed by atoms with van der Waals surface area (Å²) in [4.78, 5) is 9.11. The van der Waals surface area contributed by atoms with E-state index in [1.807, 2.05) is 6.92 Å². The quantitative estimate of drug-likeness (QED) is 0.649. The molecule has 0 bridgehead atoms. The molecule has 0 saturated heterocycles. The fourth-order valence-corrected chi connectivity index (χ4v) is 2.06. The predicted octanol–water partition coefficient (Wildman–Crippen LogP) is 2.74. The number of nitrogens with one attached hydrogen (secondary N) is 2. The monoisotopic (exact) mass is 280 g/mol. The van der Waals surface area contributed by atoms with Crippen LogP contribution >= 0.6 is 0 Å². The van der Waals surface area contributed by atoms with Gasteiger partial charge in [-0.1, -0.05) is 20.3 Å². The molecule has 0 radical (unpaired) electrons. The lowest BCUT2D eigenvalue weighted by atomic mass is 10.2. The number of aliphatic hydroxyl groups excluding tert-OH is 1. The van der Waals surface area contributed by atoms with E-state index in [0.29, 0.717) is 6.54 Å².